The number of hydrogen-bond acceptors (Lipinski definition) is 6. The second-order valence-corrected chi connectivity index (χ2v) is 6.26. The number of nitro benzene ring substituents is 1. The molecular formula is C21H14N4O5. The number of carboxylic acids is 1. The highest BCUT2D eigenvalue weighted by atomic mass is 16.6. The number of nitrogens with zero attached hydrogens (tertiary/aromatic N) is 4. The molecule has 0 aliphatic heterocycles. The lowest BCUT2D eigenvalue weighted by molar-refractivity contribution is -0.385. The van der Waals surface area contributed by atoms with E-state index in [0.29, 0.717) is 5.69 Å². The van der Waals surface area contributed by atoms with Gasteiger partial charge < -0.3 is 5.11 Å². The Hall–Kier alpha value is -4.58. The molecule has 3 rings (SSSR count). The van der Waals surface area contributed by atoms with Crippen LogP contribution >= 0.6 is 0 Å². The number of aryl methyl sites for hydroxylation is 1. The summed E-state index contributed by atoms with van der Waals surface area (Å²) >= 11 is 0. The van der Waals surface area contributed by atoms with Gasteiger partial charge in [0.25, 0.3) is 11.2 Å². The third kappa shape index (κ3) is 3.83. The molecule has 2 aromatic carbocycles. The zero-order chi connectivity index (χ0) is 21.8. The zero-order valence-corrected chi connectivity index (χ0v) is 15.6. The molecule has 148 valence electrons. The molecular weight excluding hydrogens is 388 g/mol. The normalized spacial score (nSPS) is 10.7. The monoisotopic (exact) mass is 402 g/mol. The van der Waals surface area contributed by atoms with Crippen LogP contribution in [0, 0.1) is 28.4 Å². The van der Waals surface area contributed by atoms with Crippen molar-refractivity contribution in [1.29, 1.82) is 5.26 Å². The number of carboxylic acid groups (broad SMARTS) is 1. The predicted molar refractivity (Wildman–Crippen MR) is 108 cm³/mol. The van der Waals surface area contributed by atoms with E-state index in [4.69, 9.17) is 0 Å². The van der Waals surface area contributed by atoms with E-state index in [9.17, 15) is 30.1 Å². The van der Waals surface area contributed by atoms with Crippen molar-refractivity contribution in [3.05, 3.63) is 96.9 Å². The second kappa shape index (κ2) is 8.20. The molecule has 0 bridgehead atoms. The Labute approximate surface area is 169 Å². The molecule has 0 radical (unpaired) electrons. The summed E-state index contributed by atoms with van der Waals surface area (Å²) in [6.45, 7) is 1.79. The van der Waals surface area contributed by atoms with Crippen LogP contribution in [0.2, 0.25) is 0 Å². The Balaban J connectivity index is 2.25. The Morgan fingerprint density at radius 2 is 1.97 bits per heavy atom. The van der Waals surface area contributed by atoms with Gasteiger partial charge in [-0.3, -0.25) is 14.9 Å². The number of nitriles is 1. The van der Waals surface area contributed by atoms with Crippen LogP contribution in [0.1, 0.15) is 32.7 Å². The fraction of sp³-hybridized carbons (Fsp3) is 0.0476. The van der Waals surface area contributed by atoms with E-state index >= 15 is 0 Å². The van der Waals surface area contributed by atoms with Crippen LogP contribution in [0.5, 0.6) is 0 Å². The Morgan fingerprint density at radius 1 is 1.23 bits per heavy atom. The van der Waals surface area contributed by atoms with Gasteiger partial charge in [-0.25, -0.2) is 4.79 Å². The van der Waals surface area contributed by atoms with Gasteiger partial charge >= 0.3 is 5.97 Å². The molecule has 0 fully saturated rings. The third-order valence-corrected chi connectivity index (χ3v) is 4.25. The van der Waals surface area contributed by atoms with Crippen LogP contribution in [0.4, 0.5) is 5.69 Å². The van der Waals surface area contributed by atoms with Crippen LogP contribution < -0.4 is 5.56 Å². The van der Waals surface area contributed by atoms with Crippen LogP contribution in [0.25, 0.3) is 17.8 Å². The lowest BCUT2D eigenvalue weighted by Crippen LogP contribution is -2.28. The summed E-state index contributed by atoms with van der Waals surface area (Å²) in [6.07, 6.45) is 2.46. The summed E-state index contributed by atoms with van der Waals surface area (Å²) in [5.41, 5.74) is -0.866. The molecule has 0 saturated heterocycles. The molecule has 0 amide bonds. The van der Waals surface area contributed by atoms with Gasteiger partial charge in [-0.2, -0.15) is 15.0 Å². The van der Waals surface area contributed by atoms with E-state index in [1.807, 2.05) is 0 Å². The molecule has 1 heterocycles. The topological polar surface area (TPSA) is 139 Å². The SMILES string of the molecule is Cc1cccc(-n2nc(C(=O)O)c(/C=C/c3ccccc3[N+](=O)[O-])c(C#N)c2=O)c1. The molecule has 0 aliphatic rings. The van der Waals surface area contributed by atoms with Crippen molar-refractivity contribution in [2.24, 2.45) is 0 Å². The molecule has 0 saturated carbocycles. The van der Waals surface area contributed by atoms with E-state index < -0.39 is 27.7 Å². The Bertz CT molecular complexity index is 1300. The first kappa shape index (κ1) is 20.2. The highest BCUT2D eigenvalue weighted by Crippen LogP contribution is 2.22. The molecule has 0 unspecified atom stereocenters. The van der Waals surface area contributed by atoms with Crippen LogP contribution in [-0.2, 0) is 0 Å². The average Bonchev–Trinajstić information content (AvgIpc) is 2.72. The van der Waals surface area contributed by atoms with Crippen molar-refractivity contribution in [1.82, 2.24) is 9.78 Å². The molecule has 1 aromatic heterocycles. The number of para-hydroxylation sites is 1. The number of carbonyl (C=O) groups is 1. The number of aromatic nitrogens is 2. The molecule has 3 aromatic rings. The van der Waals surface area contributed by atoms with Crippen LogP contribution in [-0.4, -0.2) is 25.8 Å². The van der Waals surface area contributed by atoms with Gasteiger partial charge in [0.1, 0.15) is 11.6 Å². The fourth-order valence-corrected chi connectivity index (χ4v) is 2.87. The first-order valence-corrected chi connectivity index (χ1v) is 8.62. The molecule has 9 nitrogen and oxygen atoms in total. The highest BCUT2D eigenvalue weighted by molar-refractivity contribution is 5.93. The summed E-state index contributed by atoms with van der Waals surface area (Å²) in [5, 5.41) is 34.3. The largest absolute Gasteiger partial charge is 0.476 e. The minimum atomic E-state index is -1.45. The number of rotatable bonds is 5. The summed E-state index contributed by atoms with van der Waals surface area (Å²) in [7, 11) is 0. The first-order valence-electron chi connectivity index (χ1n) is 8.62. The van der Waals surface area contributed by atoms with E-state index in [1.165, 1.54) is 30.4 Å². The molecule has 9 heteroatoms. The van der Waals surface area contributed by atoms with Crippen molar-refractivity contribution < 1.29 is 14.8 Å². The van der Waals surface area contributed by atoms with Crippen molar-refractivity contribution in [2.75, 3.05) is 0 Å². The summed E-state index contributed by atoms with van der Waals surface area (Å²) in [4.78, 5) is 35.2. The van der Waals surface area contributed by atoms with Gasteiger partial charge in [0.05, 0.1) is 16.2 Å². The summed E-state index contributed by atoms with van der Waals surface area (Å²) < 4.78 is 0.858. The Morgan fingerprint density at radius 3 is 2.60 bits per heavy atom. The maximum absolute atomic E-state index is 12.8. The molecule has 1 N–H and O–H groups in total. The number of hydrogen-bond donors (Lipinski definition) is 1. The van der Waals surface area contributed by atoms with Gasteiger partial charge in [0.2, 0.25) is 0 Å². The quantitative estimate of drug-likeness (QED) is 0.510. The fourth-order valence-electron chi connectivity index (χ4n) is 2.87. The van der Waals surface area contributed by atoms with E-state index in [2.05, 4.69) is 5.10 Å². The highest BCUT2D eigenvalue weighted by Gasteiger charge is 2.21. The standard InChI is InChI=1S/C21H14N4O5/c1-13-5-4-7-15(11-13)24-20(26)17(12-22)16(19(23-24)21(27)28)10-9-14-6-2-3-8-18(14)25(29)30/h2-11H,1H3,(H,27,28)/b10-9+. The maximum Gasteiger partial charge on any atom is 0.357 e. The molecule has 0 spiro atoms. The smallest absolute Gasteiger partial charge is 0.357 e. The average molecular weight is 402 g/mol. The van der Waals surface area contributed by atoms with Gasteiger partial charge in [-0.05, 0) is 36.8 Å². The van der Waals surface area contributed by atoms with Gasteiger partial charge in [-0.15, -0.1) is 0 Å². The lowest BCUT2D eigenvalue weighted by atomic mass is 10.1. The minimum Gasteiger partial charge on any atom is -0.476 e. The first-order chi connectivity index (χ1) is 14.3. The van der Waals surface area contributed by atoms with Gasteiger partial charge in [0, 0.05) is 11.6 Å². The predicted octanol–water partition coefficient (Wildman–Crippen LogP) is 3.19. The summed E-state index contributed by atoms with van der Waals surface area (Å²) in [5.74, 6) is -1.45. The number of nitro groups is 1. The number of aromatic carboxylic acids is 1. The summed E-state index contributed by atoms with van der Waals surface area (Å²) in [6, 6.07) is 14.2. The molecule has 30 heavy (non-hydrogen) atoms. The van der Waals surface area contributed by atoms with Crippen molar-refractivity contribution >= 4 is 23.8 Å². The van der Waals surface area contributed by atoms with Crippen molar-refractivity contribution in [2.45, 2.75) is 6.92 Å². The second-order valence-electron chi connectivity index (χ2n) is 6.26. The van der Waals surface area contributed by atoms with Gasteiger partial charge in [-0.1, -0.05) is 30.3 Å². The lowest BCUT2D eigenvalue weighted by Gasteiger charge is -2.10. The molecule has 0 aliphatic carbocycles. The van der Waals surface area contributed by atoms with Crippen molar-refractivity contribution in [3.8, 4) is 11.8 Å². The third-order valence-electron chi connectivity index (χ3n) is 4.25. The van der Waals surface area contributed by atoms with Crippen LogP contribution in [0.3, 0.4) is 0 Å². The Kier molecular flexibility index (Phi) is 5.51. The zero-order valence-electron chi connectivity index (χ0n) is 15.6. The van der Waals surface area contributed by atoms with Crippen molar-refractivity contribution in [3.63, 3.8) is 0 Å². The van der Waals surface area contributed by atoms with Crippen LogP contribution in [0.15, 0.2) is 53.3 Å². The van der Waals surface area contributed by atoms with Gasteiger partial charge in [0.15, 0.2) is 5.69 Å². The number of benzene rings is 2. The minimum absolute atomic E-state index is 0.186. The van der Waals surface area contributed by atoms with E-state index in [0.717, 1.165) is 10.2 Å². The van der Waals surface area contributed by atoms with E-state index in [1.54, 1.807) is 43.3 Å². The van der Waals surface area contributed by atoms with E-state index in [-0.39, 0.29) is 16.8 Å². The molecule has 0 atom stereocenters. The maximum atomic E-state index is 12.8.